The zero-order valence-electron chi connectivity index (χ0n) is 11.1. The minimum Gasteiger partial charge on any atom is -0.227 e. The van der Waals surface area contributed by atoms with Crippen molar-refractivity contribution in [3.63, 3.8) is 0 Å². The van der Waals surface area contributed by atoms with Gasteiger partial charge in [0, 0.05) is 25.1 Å². The topological polar surface area (TPSA) is 63.2 Å². The van der Waals surface area contributed by atoms with Gasteiger partial charge in [0.1, 0.15) is 5.03 Å². The second-order valence-electron chi connectivity index (χ2n) is 4.18. The number of thioether (sulfide) groups is 2. The summed E-state index contributed by atoms with van der Waals surface area (Å²) < 4.78 is 61.3. The smallest absolute Gasteiger partial charge is 0.227 e. The van der Waals surface area contributed by atoms with E-state index in [-0.39, 0.29) is 19.5 Å². The lowest BCUT2D eigenvalue weighted by Crippen LogP contribution is -2.43. The van der Waals surface area contributed by atoms with Crippen LogP contribution >= 0.6 is 23.5 Å². The third-order valence-corrected chi connectivity index (χ3v) is 5.82. The SMILES string of the molecule is CSc1nc2c(c(SC)n1)CN(S(=O)(=O)C(F)(F)F)CC2. The van der Waals surface area contributed by atoms with Crippen molar-refractivity contribution < 1.29 is 21.6 Å². The van der Waals surface area contributed by atoms with E-state index in [1.54, 1.807) is 12.5 Å². The molecule has 2 rings (SSSR count). The van der Waals surface area contributed by atoms with Gasteiger partial charge in [0.2, 0.25) is 0 Å². The molecule has 0 bridgehead atoms. The third kappa shape index (κ3) is 3.15. The summed E-state index contributed by atoms with van der Waals surface area (Å²) in [6.45, 7) is -0.574. The van der Waals surface area contributed by atoms with Gasteiger partial charge in [0.25, 0.3) is 0 Å². The number of sulfonamides is 1. The molecule has 0 radical (unpaired) electrons. The van der Waals surface area contributed by atoms with Gasteiger partial charge in [-0.25, -0.2) is 18.4 Å². The lowest BCUT2D eigenvalue weighted by atomic mass is 10.1. The number of rotatable bonds is 3. The largest absolute Gasteiger partial charge is 0.511 e. The fourth-order valence-corrected chi connectivity index (χ4v) is 3.92. The van der Waals surface area contributed by atoms with Crippen LogP contribution in [0, 0.1) is 0 Å². The van der Waals surface area contributed by atoms with Crippen molar-refractivity contribution in [3.8, 4) is 0 Å². The predicted octanol–water partition coefficient (Wildman–Crippen LogP) is 2.13. The zero-order valence-corrected chi connectivity index (χ0v) is 13.6. The van der Waals surface area contributed by atoms with Gasteiger partial charge in [0.05, 0.1) is 5.69 Å². The molecule has 0 saturated heterocycles. The van der Waals surface area contributed by atoms with E-state index in [1.807, 2.05) is 0 Å². The fourth-order valence-electron chi connectivity index (χ4n) is 1.95. The molecule has 11 heteroatoms. The summed E-state index contributed by atoms with van der Waals surface area (Å²) in [5.74, 6) is 0. The Morgan fingerprint density at radius 3 is 2.38 bits per heavy atom. The van der Waals surface area contributed by atoms with E-state index in [0.29, 0.717) is 25.7 Å². The molecule has 1 aliphatic rings. The van der Waals surface area contributed by atoms with Crippen LogP contribution in [0.25, 0.3) is 0 Å². The van der Waals surface area contributed by atoms with Crippen LogP contribution in [0.4, 0.5) is 13.2 Å². The number of hydrogen-bond donors (Lipinski definition) is 0. The predicted molar refractivity (Wildman–Crippen MR) is 74.7 cm³/mol. The second kappa shape index (κ2) is 5.94. The molecule has 0 aromatic carbocycles. The Hall–Kier alpha value is -0.520. The molecule has 0 atom stereocenters. The first-order valence-corrected chi connectivity index (χ1v) is 9.64. The molecule has 1 aliphatic heterocycles. The second-order valence-corrected chi connectivity index (χ2v) is 7.68. The van der Waals surface area contributed by atoms with Gasteiger partial charge in [-0.2, -0.15) is 17.5 Å². The monoisotopic (exact) mass is 359 g/mol. The minimum absolute atomic E-state index is 0.147. The van der Waals surface area contributed by atoms with Gasteiger partial charge in [-0.15, -0.1) is 11.8 Å². The summed E-state index contributed by atoms with van der Waals surface area (Å²) >= 11 is 2.60. The zero-order chi connectivity index (χ0) is 15.8. The van der Waals surface area contributed by atoms with Crippen LogP contribution in [-0.2, 0) is 23.0 Å². The highest BCUT2D eigenvalue weighted by Crippen LogP contribution is 2.33. The quantitative estimate of drug-likeness (QED) is 0.468. The summed E-state index contributed by atoms with van der Waals surface area (Å²) in [5.41, 5.74) is -4.21. The van der Waals surface area contributed by atoms with Crippen molar-refractivity contribution in [1.29, 1.82) is 0 Å². The molecule has 5 nitrogen and oxygen atoms in total. The van der Waals surface area contributed by atoms with Crippen molar-refractivity contribution in [2.24, 2.45) is 0 Å². The maximum atomic E-state index is 12.6. The maximum Gasteiger partial charge on any atom is 0.511 e. The minimum atomic E-state index is -5.32. The number of aromatic nitrogens is 2. The van der Waals surface area contributed by atoms with E-state index in [0.717, 1.165) is 0 Å². The molecule has 1 aromatic rings. The Morgan fingerprint density at radius 2 is 1.86 bits per heavy atom. The molecule has 0 N–H and O–H groups in total. The van der Waals surface area contributed by atoms with Crippen LogP contribution in [0.2, 0.25) is 0 Å². The van der Waals surface area contributed by atoms with Crippen LogP contribution < -0.4 is 0 Å². The summed E-state index contributed by atoms with van der Waals surface area (Å²) in [6.07, 6.45) is 3.69. The van der Waals surface area contributed by atoms with Crippen LogP contribution in [-0.4, -0.2) is 47.3 Å². The molecule has 0 spiro atoms. The van der Waals surface area contributed by atoms with Crippen molar-refractivity contribution >= 4 is 33.5 Å². The van der Waals surface area contributed by atoms with E-state index in [4.69, 9.17) is 0 Å². The summed E-state index contributed by atoms with van der Waals surface area (Å²) in [4.78, 5) is 8.47. The molecule has 0 fully saturated rings. The number of hydrogen-bond acceptors (Lipinski definition) is 6. The Bertz CT molecular complexity index is 632. The summed E-state index contributed by atoms with van der Waals surface area (Å²) in [5, 5.41) is 1.05. The molecule has 0 aliphatic carbocycles. The highest BCUT2D eigenvalue weighted by atomic mass is 32.2. The molecule has 0 amide bonds. The van der Waals surface area contributed by atoms with E-state index in [2.05, 4.69) is 9.97 Å². The Kier molecular flexibility index (Phi) is 4.76. The first-order chi connectivity index (χ1) is 9.70. The lowest BCUT2D eigenvalue weighted by molar-refractivity contribution is -0.0493. The first-order valence-electron chi connectivity index (χ1n) is 5.75. The van der Waals surface area contributed by atoms with E-state index in [9.17, 15) is 21.6 Å². The van der Waals surface area contributed by atoms with Crippen molar-refractivity contribution in [2.45, 2.75) is 28.7 Å². The molecule has 0 unspecified atom stereocenters. The number of halogens is 3. The van der Waals surface area contributed by atoms with Crippen molar-refractivity contribution in [2.75, 3.05) is 19.1 Å². The van der Waals surface area contributed by atoms with Gasteiger partial charge in [-0.3, -0.25) is 0 Å². The standard InChI is InChI=1S/C10H12F3N3O2S3/c1-19-8-6-5-16(21(17,18)10(11,12)13)4-3-7(6)14-9(15-8)20-2/h3-5H2,1-2H3. The maximum absolute atomic E-state index is 12.6. The van der Waals surface area contributed by atoms with E-state index in [1.165, 1.54) is 23.5 Å². The van der Waals surface area contributed by atoms with Gasteiger partial charge < -0.3 is 0 Å². The summed E-state index contributed by atoms with van der Waals surface area (Å²) in [7, 11) is -5.32. The summed E-state index contributed by atoms with van der Waals surface area (Å²) in [6, 6.07) is 0. The van der Waals surface area contributed by atoms with Crippen LogP contribution in [0.3, 0.4) is 0 Å². The molecule has 0 saturated carbocycles. The molecule has 1 aromatic heterocycles. The van der Waals surface area contributed by atoms with Crippen molar-refractivity contribution in [3.05, 3.63) is 11.3 Å². The van der Waals surface area contributed by atoms with E-state index < -0.39 is 15.5 Å². The van der Waals surface area contributed by atoms with Crippen LogP contribution in [0.5, 0.6) is 0 Å². The average molecular weight is 359 g/mol. The van der Waals surface area contributed by atoms with Crippen LogP contribution in [0.15, 0.2) is 10.2 Å². The third-order valence-electron chi connectivity index (χ3n) is 2.98. The number of alkyl halides is 3. The highest BCUT2D eigenvalue weighted by Gasteiger charge is 2.50. The Morgan fingerprint density at radius 1 is 1.19 bits per heavy atom. The Labute approximate surface area is 128 Å². The average Bonchev–Trinajstić information content (AvgIpc) is 2.44. The molecular formula is C10H12F3N3O2S3. The van der Waals surface area contributed by atoms with E-state index >= 15 is 0 Å². The lowest BCUT2D eigenvalue weighted by Gasteiger charge is -2.29. The number of fused-ring (bicyclic) bond motifs is 1. The van der Waals surface area contributed by atoms with Gasteiger partial charge in [0.15, 0.2) is 5.16 Å². The van der Waals surface area contributed by atoms with Gasteiger partial charge in [-0.1, -0.05) is 11.8 Å². The first kappa shape index (κ1) is 16.8. The van der Waals surface area contributed by atoms with Crippen molar-refractivity contribution in [1.82, 2.24) is 14.3 Å². The fraction of sp³-hybridized carbons (Fsp3) is 0.600. The molecule has 21 heavy (non-hydrogen) atoms. The Balaban J connectivity index is 2.41. The van der Waals surface area contributed by atoms with Crippen LogP contribution in [0.1, 0.15) is 11.3 Å². The normalized spacial score (nSPS) is 16.8. The highest BCUT2D eigenvalue weighted by molar-refractivity contribution is 7.99. The molecule has 118 valence electrons. The number of nitrogens with zero attached hydrogens (tertiary/aromatic N) is 3. The van der Waals surface area contributed by atoms with Gasteiger partial charge in [-0.05, 0) is 12.5 Å². The van der Waals surface area contributed by atoms with Gasteiger partial charge >= 0.3 is 15.5 Å². The molecule has 2 heterocycles. The molecular weight excluding hydrogens is 347 g/mol.